The van der Waals surface area contributed by atoms with E-state index in [9.17, 15) is 14.4 Å². The summed E-state index contributed by atoms with van der Waals surface area (Å²) in [5.74, 6) is -1.06. The van der Waals surface area contributed by atoms with E-state index in [2.05, 4.69) is 41.7 Å². The van der Waals surface area contributed by atoms with Crippen LogP contribution in [0.3, 0.4) is 0 Å². The van der Waals surface area contributed by atoms with Crippen LogP contribution in [-0.4, -0.2) is 43.7 Å². The molecule has 3 amide bonds. The van der Waals surface area contributed by atoms with Crippen LogP contribution in [-0.2, 0) is 20.8 Å². The third-order valence-electron chi connectivity index (χ3n) is 4.56. The first-order chi connectivity index (χ1) is 15.5. The second-order valence-corrected chi connectivity index (χ2v) is 6.82. The molecule has 8 heteroatoms. The molecule has 0 aliphatic rings. The number of hydrogen-bond donors (Lipinski definition) is 3. The number of nitrogens with one attached hydrogen (secondary N) is 3. The van der Waals surface area contributed by atoms with Crippen molar-refractivity contribution in [3.63, 3.8) is 0 Å². The van der Waals surface area contributed by atoms with E-state index in [1.165, 1.54) is 11.6 Å². The zero-order valence-corrected chi connectivity index (χ0v) is 18.4. The number of carbonyl (C=O) groups is 3. The summed E-state index contributed by atoms with van der Waals surface area (Å²) in [4.78, 5) is 41.6. The predicted molar refractivity (Wildman–Crippen MR) is 122 cm³/mol. The van der Waals surface area contributed by atoms with E-state index in [0.29, 0.717) is 5.56 Å². The lowest BCUT2D eigenvalue weighted by Crippen LogP contribution is -2.52. The summed E-state index contributed by atoms with van der Waals surface area (Å²) in [6.07, 6.45) is 1.66. The molecule has 0 aromatic heterocycles. The molecule has 1 unspecified atom stereocenters. The van der Waals surface area contributed by atoms with Crippen LogP contribution in [0.15, 0.2) is 61.2 Å². The largest absolute Gasteiger partial charge is 0.445 e. The van der Waals surface area contributed by atoms with Gasteiger partial charge in [0.15, 0.2) is 0 Å². The van der Waals surface area contributed by atoms with Gasteiger partial charge in [-0.25, -0.2) is 10.3 Å². The average molecular weight is 440 g/mol. The molecule has 0 fully saturated rings. The number of ether oxygens (including phenoxy) is 1. The van der Waals surface area contributed by atoms with Crippen molar-refractivity contribution in [2.75, 3.05) is 19.8 Å². The molecule has 0 heterocycles. The van der Waals surface area contributed by atoms with Gasteiger partial charge in [0, 0.05) is 5.56 Å². The van der Waals surface area contributed by atoms with Crippen molar-refractivity contribution < 1.29 is 24.0 Å². The molecule has 32 heavy (non-hydrogen) atoms. The zero-order valence-electron chi connectivity index (χ0n) is 18.4. The highest BCUT2D eigenvalue weighted by Crippen LogP contribution is 2.20. The Morgan fingerprint density at radius 3 is 2.19 bits per heavy atom. The number of hydrogen-bond acceptors (Lipinski definition) is 5. The smallest absolute Gasteiger partial charge is 0.407 e. The molecule has 3 N–H and O–H groups in total. The molecular formula is C24H29N3O5. The van der Waals surface area contributed by atoms with Crippen LogP contribution < -0.4 is 16.1 Å². The molecule has 0 saturated heterocycles. The third kappa shape index (κ3) is 7.55. The molecule has 0 aliphatic heterocycles. The molecule has 2 rings (SSSR count). The van der Waals surface area contributed by atoms with Crippen molar-refractivity contribution in [1.29, 1.82) is 0 Å². The van der Waals surface area contributed by atoms with E-state index in [1.807, 2.05) is 24.3 Å². The molecule has 0 aliphatic carbocycles. The molecule has 0 saturated carbocycles. The van der Waals surface area contributed by atoms with Gasteiger partial charge in [-0.15, -0.1) is 0 Å². The quantitative estimate of drug-likeness (QED) is 0.369. The highest BCUT2D eigenvalue weighted by atomic mass is 16.6. The van der Waals surface area contributed by atoms with Gasteiger partial charge in [0.1, 0.15) is 12.6 Å². The Hall–Kier alpha value is -3.65. The molecule has 0 spiro atoms. The number of hydroxylamine groups is 1. The Morgan fingerprint density at radius 1 is 1.00 bits per heavy atom. The lowest BCUT2D eigenvalue weighted by atomic mass is 10.0. The summed E-state index contributed by atoms with van der Waals surface area (Å²) >= 11 is 0. The van der Waals surface area contributed by atoms with Crippen LogP contribution in [0.5, 0.6) is 0 Å². The number of alkyl carbamates (subject to hydrolysis) is 1. The number of carbonyl (C=O) groups excluding carboxylic acids is 3. The van der Waals surface area contributed by atoms with Crippen LogP contribution in [0.1, 0.15) is 29.8 Å². The summed E-state index contributed by atoms with van der Waals surface area (Å²) in [6.45, 7) is 7.36. The molecule has 2 aromatic carbocycles. The molecule has 0 radical (unpaired) electrons. The van der Waals surface area contributed by atoms with Gasteiger partial charge >= 0.3 is 6.09 Å². The summed E-state index contributed by atoms with van der Waals surface area (Å²) < 4.78 is 4.82. The fraction of sp³-hybridized carbons (Fsp3) is 0.292. The summed E-state index contributed by atoms with van der Waals surface area (Å²) in [5, 5.41) is 5.04. The summed E-state index contributed by atoms with van der Waals surface area (Å²) in [6, 6.07) is 14.2. The van der Waals surface area contributed by atoms with Crippen molar-refractivity contribution >= 4 is 17.9 Å². The van der Waals surface area contributed by atoms with E-state index >= 15 is 0 Å². The molecule has 170 valence electrons. The maximum absolute atomic E-state index is 12.7. The van der Waals surface area contributed by atoms with Crippen LogP contribution in [0.4, 0.5) is 4.79 Å². The van der Waals surface area contributed by atoms with Crippen molar-refractivity contribution in [3.05, 3.63) is 72.3 Å². The number of amides is 3. The van der Waals surface area contributed by atoms with Gasteiger partial charge < -0.3 is 15.4 Å². The van der Waals surface area contributed by atoms with Gasteiger partial charge in [-0.3, -0.25) is 14.4 Å². The van der Waals surface area contributed by atoms with Gasteiger partial charge in [0.05, 0.1) is 13.2 Å². The van der Waals surface area contributed by atoms with Gasteiger partial charge in [-0.2, -0.15) is 0 Å². The molecule has 1 atom stereocenters. The van der Waals surface area contributed by atoms with Gasteiger partial charge in [0.2, 0.25) is 0 Å². The molecule has 0 bridgehead atoms. The number of benzene rings is 2. The minimum absolute atomic E-state index is 0.0293. The monoisotopic (exact) mass is 439 g/mol. The molecule has 8 nitrogen and oxygen atoms in total. The maximum atomic E-state index is 12.7. The minimum Gasteiger partial charge on any atom is -0.445 e. The van der Waals surface area contributed by atoms with Crippen LogP contribution >= 0.6 is 0 Å². The topological polar surface area (TPSA) is 106 Å². The lowest BCUT2D eigenvalue weighted by Gasteiger charge is -2.18. The van der Waals surface area contributed by atoms with Gasteiger partial charge in [-0.05, 0) is 42.2 Å². The Morgan fingerprint density at radius 2 is 1.62 bits per heavy atom. The fourth-order valence-electron chi connectivity index (χ4n) is 2.78. The molecular weight excluding hydrogens is 410 g/mol. The number of aryl methyl sites for hydroxylation is 1. The van der Waals surface area contributed by atoms with Crippen molar-refractivity contribution in [2.24, 2.45) is 0 Å². The fourth-order valence-corrected chi connectivity index (χ4v) is 2.78. The minimum atomic E-state index is -1.06. The Balaban J connectivity index is 2.05. The SMILES string of the molecule is C=CCOC(=O)NCC(NC(=O)c1ccc(-c2ccc(CC)cc2)cc1)C(=O)NOCC. The number of rotatable bonds is 11. The van der Waals surface area contributed by atoms with Crippen molar-refractivity contribution in [3.8, 4) is 11.1 Å². The van der Waals surface area contributed by atoms with E-state index < -0.39 is 23.9 Å². The first kappa shape index (κ1) is 24.6. The first-order valence-corrected chi connectivity index (χ1v) is 10.4. The van der Waals surface area contributed by atoms with Crippen LogP contribution in [0.25, 0.3) is 11.1 Å². The van der Waals surface area contributed by atoms with E-state index in [1.54, 1.807) is 19.1 Å². The summed E-state index contributed by atoms with van der Waals surface area (Å²) in [5.41, 5.74) is 5.88. The Labute approximate surface area is 187 Å². The Bertz CT molecular complexity index is 910. The van der Waals surface area contributed by atoms with Crippen LogP contribution in [0, 0.1) is 0 Å². The summed E-state index contributed by atoms with van der Waals surface area (Å²) in [7, 11) is 0. The van der Waals surface area contributed by atoms with Gasteiger partial charge in [0.25, 0.3) is 11.8 Å². The second kappa shape index (κ2) is 12.9. The van der Waals surface area contributed by atoms with Crippen molar-refractivity contribution in [2.45, 2.75) is 26.3 Å². The standard InChI is InChI=1S/C24H29N3O5/c1-4-15-31-24(30)25-16-21(23(29)27-32-6-3)26-22(28)20-13-11-19(12-14-20)18-9-7-17(5-2)8-10-18/h4,7-14,21H,1,5-6,15-16H2,2-3H3,(H,25,30)(H,26,28)(H,27,29). The van der Waals surface area contributed by atoms with Gasteiger partial charge in [-0.1, -0.05) is 56.0 Å². The second-order valence-electron chi connectivity index (χ2n) is 6.82. The average Bonchev–Trinajstić information content (AvgIpc) is 2.83. The maximum Gasteiger partial charge on any atom is 0.407 e. The van der Waals surface area contributed by atoms with E-state index in [4.69, 9.17) is 9.57 Å². The lowest BCUT2D eigenvalue weighted by molar-refractivity contribution is -0.135. The van der Waals surface area contributed by atoms with Crippen molar-refractivity contribution in [1.82, 2.24) is 16.1 Å². The first-order valence-electron chi connectivity index (χ1n) is 10.4. The third-order valence-corrected chi connectivity index (χ3v) is 4.56. The zero-order chi connectivity index (χ0) is 23.3. The Kier molecular flexibility index (Phi) is 9.93. The predicted octanol–water partition coefficient (Wildman–Crippen LogP) is 2.99. The highest BCUT2D eigenvalue weighted by molar-refractivity contribution is 5.98. The van der Waals surface area contributed by atoms with Crippen LogP contribution in [0.2, 0.25) is 0 Å². The van der Waals surface area contributed by atoms with E-state index in [-0.39, 0.29) is 19.8 Å². The van der Waals surface area contributed by atoms with E-state index in [0.717, 1.165) is 17.5 Å². The molecule has 2 aromatic rings. The highest BCUT2D eigenvalue weighted by Gasteiger charge is 2.22. The normalized spacial score (nSPS) is 11.2.